The van der Waals surface area contributed by atoms with Gasteiger partial charge in [0.25, 0.3) is 0 Å². The molecule has 0 aromatic carbocycles. The van der Waals surface area contributed by atoms with Gasteiger partial charge in [-0.1, -0.05) is 6.04 Å². The van der Waals surface area contributed by atoms with Gasteiger partial charge in [0.05, 0.1) is 13.2 Å². The molecule has 9 heavy (non-hydrogen) atoms. The van der Waals surface area contributed by atoms with Crippen LogP contribution < -0.4 is 0 Å². The predicted molar refractivity (Wildman–Crippen MR) is 35.7 cm³/mol. The van der Waals surface area contributed by atoms with Crippen LogP contribution in [0.4, 0.5) is 0 Å². The van der Waals surface area contributed by atoms with Gasteiger partial charge >= 0.3 is 0 Å². The molecule has 0 bridgehead atoms. The highest BCUT2D eigenvalue weighted by atomic mass is 28.1. The minimum atomic E-state index is 0.416. The summed E-state index contributed by atoms with van der Waals surface area (Å²) in [5, 5.41) is 0. The first kappa shape index (κ1) is 7.25. The summed E-state index contributed by atoms with van der Waals surface area (Å²) in [5.74, 6) is 0. The SMILES string of the molecule is [Si]CCCOCC1CO1. The highest BCUT2D eigenvalue weighted by Crippen LogP contribution is 2.08. The van der Waals surface area contributed by atoms with Crippen molar-refractivity contribution in [3.8, 4) is 0 Å². The van der Waals surface area contributed by atoms with Gasteiger partial charge < -0.3 is 9.47 Å². The molecular weight excluding hydrogens is 132 g/mol. The predicted octanol–water partition coefficient (Wildman–Crippen LogP) is 0.379. The summed E-state index contributed by atoms with van der Waals surface area (Å²) in [6, 6.07) is 1.02. The van der Waals surface area contributed by atoms with Crippen molar-refractivity contribution in [3.63, 3.8) is 0 Å². The average Bonchev–Trinajstić information content (AvgIpc) is 2.63. The topological polar surface area (TPSA) is 21.8 Å². The first-order chi connectivity index (χ1) is 4.43. The molecule has 1 rings (SSSR count). The van der Waals surface area contributed by atoms with E-state index in [-0.39, 0.29) is 0 Å². The summed E-state index contributed by atoms with van der Waals surface area (Å²) in [5.41, 5.74) is 0. The zero-order valence-electron chi connectivity index (χ0n) is 5.43. The zero-order valence-corrected chi connectivity index (χ0v) is 6.43. The second-order valence-electron chi connectivity index (χ2n) is 2.13. The Balaban J connectivity index is 1.71. The maximum Gasteiger partial charge on any atom is 0.104 e. The summed E-state index contributed by atoms with van der Waals surface area (Å²) in [6.07, 6.45) is 1.50. The molecule has 1 heterocycles. The maximum atomic E-state index is 5.24. The smallest absolute Gasteiger partial charge is 0.104 e. The molecule has 0 spiro atoms. The van der Waals surface area contributed by atoms with Crippen LogP contribution in [0.1, 0.15) is 6.42 Å². The molecule has 0 aromatic rings. The molecule has 1 saturated heterocycles. The Morgan fingerprint density at radius 2 is 2.44 bits per heavy atom. The lowest BCUT2D eigenvalue weighted by Crippen LogP contribution is -2.02. The average molecular weight is 143 g/mol. The van der Waals surface area contributed by atoms with E-state index in [2.05, 4.69) is 10.2 Å². The maximum absolute atomic E-state index is 5.24. The third kappa shape index (κ3) is 3.67. The van der Waals surface area contributed by atoms with Gasteiger partial charge in [-0.25, -0.2) is 0 Å². The Morgan fingerprint density at radius 3 is 3.00 bits per heavy atom. The van der Waals surface area contributed by atoms with Crippen molar-refractivity contribution >= 4 is 10.2 Å². The molecule has 0 amide bonds. The van der Waals surface area contributed by atoms with Crippen LogP contribution in [-0.2, 0) is 9.47 Å². The molecule has 0 aromatic heterocycles. The molecule has 0 aliphatic carbocycles. The van der Waals surface area contributed by atoms with Gasteiger partial charge in [0.15, 0.2) is 0 Å². The van der Waals surface area contributed by atoms with Gasteiger partial charge in [-0.2, -0.15) is 0 Å². The summed E-state index contributed by atoms with van der Waals surface area (Å²) < 4.78 is 10.2. The van der Waals surface area contributed by atoms with Gasteiger partial charge in [-0.15, -0.1) is 0 Å². The van der Waals surface area contributed by atoms with E-state index < -0.39 is 0 Å². The minimum Gasteiger partial charge on any atom is -0.379 e. The number of epoxide rings is 1. The molecule has 1 unspecified atom stereocenters. The van der Waals surface area contributed by atoms with Crippen molar-refractivity contribution in [2.75, 3.05) is 19.8 Å². The highest BCUT2D eigenvalue weighted by Gasteiger charge is 2.21. The first-order valence-electron chi connectivity index (χ1n) is 3.27. The van der Waals surface area contributed by atoms with Gasteiger partial charge in [-0.05, 0) is 6.42 Å². The Labute approximate surface area is 59.0 Å². The second-order valence-corrected chi connectivity index (χ2v) is 2.63. The molecule has 51 valence electrons. The summed E-state index contributed by atoms with van der Waals surface area (Å²) in [4.78, 5) is 0. The van der Waals surface area contributed by atoms with E-state index in [9.17, 15) is 0 Å². The monoisotopic (exact) mass is 143 g/mol. The van der Waals surface area contributed by atoms with Crippen LogP contribution in [0.5, 0.6) is 0 Å². The van der Waals surface area contributed by atoms with E-state index in [1.165, 1.54) is 0 Å². The van der Waals surface area contributed by atoms with Crippen molar-refractivity contribution in [1.29, 1.82) is 0 Å². The van der Waals surface area contributed by atoms with Crippen molar-refractivity contribution in [2.24, 2.45) is 0 Å². The Bertz CT molecular complexity index is 73.5. The molecule has 0 N–H and O–H groups in total. The lowest BCUT2D eigenvalue weighted by atomic mass is 10.5. The lowest BCUT2D eigenvalue weighted by molar-refractivity contribution is 0.117. The summed E-state index contributed by atoms with van der Waals surface area (Å²) in [6.45, 7) is 2.53. The quantitative estimate of drug-likeness (QED) is 0.315. The third-order valence-electron chi connectivity index (χ3n) is 1.17. The number of rotatable bonds is 5. The van der Waals surface area contributed by atoms with Crippen LogP contribution in [0, 0.1) is 0 Å². The van der Waals surface area contributed by atoms with Gasteiger partial charge in [0, 0.05) is 16.8 Å². The van der Waals surface area contributed by atoms with Crippen LogP contribution in [-0.4, -0.2) is 36.2 Å². The van der Waals surface area contributed by atoms with E-state index in [0.29, 0.717) is 6.10 Å². The van der Waals surface area contributed by atoms with Crippen LogP contribution in [0.25, 0.3) is 0 Å². The fraction of sp³-hybridized carbons (Fsp3) is 1.00. The van der Waals surface area contributed by atoms with Crippen molar-refractivity contribution < 1.29 is 9.47 Å². The van der Waals surface area contributed by atoms with E-state index in [1.807, 2.05) is 0 Å². The van der Waals surface area contributed by atoms with Crippen molar-refractivity contribution in [2.45, 2.75) is 18.6 Å². The standard InChI is InChI=1S/C6H11O2Si/c9-3-1-2-7-4-6-5-8-6/h6H,1-5H2. The van der Waals surface area contributed by atoms with Gasteiger partial charge in [-0.3, -0.25) is 0 Å². The molecule has 2 nitrogen and oxygen atoms in total. The Morgan fingerprint density at radius 1 is 1.67 bits per heavy atom. The second kappa shape index (κ2) is 4.03. The van der Waals surface area contributed by atoms with E-state index in [0.717, 1.165) is 32.3 Å². The van der Waals surface area contributed by atoms with Gasteiger partial charge in [0.2, 0.25) is 0 Å². The van der Waals surface area contributed by atoms with Crippen LogP contribution >= 0.6 is 0 Å². The molecule has 3 heteroatoms. The molecular formula is C6H11O2Si. The minimum absolute atomic E-state index is 0.416. The molecule has 3 radical (unpaired) electrons. The van der Waals surface area contributed by atoms with E-state index in [4.69, 9.17) is 9.47 Å². The first-order valence-corrected chi connectivity index (χ1v) is 3.98. The van der Waals surface area contributed by atoms with E-state index >= 15 is 0 Å². The fourth-order valence-electron chi connectivity index (χ4n) is 0.553. The normalized spacial score (nSPS) is 24.3. The fourth-order valence-corrected chi connectivity index (χ4v) is 0.698. The van der Waals surface area contributed by atoms with Gasteiger partial charge in [0.1, 0.15) is 6.10 Å². The van der Waals surface area contributed by atoms with Crippen LogP contribution in [0.2, 0.25) is 6.04 Å². The summed E-state index contributed by atoms with van der Waals surface area (Å²) >= 11 is 0. The van der Waals surface area contributed by atoms with E-state index in [1.54, 1.807) is 0 Å². The lowest BCUT2D eigenvalue weighted by Gasteiger charge is -1.97. The molecule has 1 aliphatic rings. The van der Waals surface area contributed by atoms with Crippen LogP contribution in [0.15, 0.2) is 0 Å². The molecule has 1 atom stereocenters. The Kier molecular flexibility index (Phi) is 3.25. The summed E-state index contributed by atoms with van der Waals surface area (Å²) in [7, 11) is 3.36. The largest absolute Gasteiger partial charge is 0.379 e. The van der Waals surface area contributed by atoms with Crippen LogP contribution in [0.3, 0.4) is 0 Å². The zero-order chi connectivity index (χ0) is 6.53. The third-order valence-corrected chi connectivity index (χ3v) is 1.53. The molecule has 1 fully saturated rings. The number of hydrogen-bond donors (Lipinski definition) is 0. The van der Waals surface area contributed by atoms with Crippen molar-refractivity contribution in [1.82, 2.24) is 0 Å². The molecule has 1 aliphatic heterocycles. The number of ether oxygens (including phenoxy) is 2. The Hall–Kier alpha value is 0.137. The molecule has 0 saturated carbocycles. The van der Waals surface area contributed by atoms with Crippen molar-refractivity contribution in [3.05, 3.63) is 0 Å². The number of hydrogen-bond acceptors (Lipinski definition) is 2. The highest BCUT2D eigenvalue weighted by molar-refractivity contribution is 6.08.